The van der Waals surface area contributed by atoms with Gasteiger partial charge in [-0.05, 0) is 109 Å². The number of hydrogen-bond donors (Lipinski definition) is 0. The van der Waals surface area contributed by atoms with Crippen molar-refractivity contribution in [1.29, 1.82) is 0 Å². The smallest absolute Gasteiger partial charge is 0.0713 e. The normalized spacial score (nSPS) is 12.4. The zero-order valence-corrected chi connectivity index (χ0v) is 31.0. The van der Waals surface area contributed by atoms with Gasteiger partial charge in [-0.3, -0.25) is 0 Å². The van der Waals surface area contributed by atoms with Gasteiger partial charge in [0, 0.05) is 17.1 Å². The third kappa shape index (κ3) is 5.73. The second-order valence-electron chi connectivity index (χ2n) is 14.5. The summed E-state index contributed by atoms with van der Waals surface area (Å²) in [6, 6.07) is 86.1. The Morgan fingerprint density at radius 2 is 0.661 bits per heavy atom. The first kappa shape index (κ1) is 33.4. The summed E-state index contributed by atoms with van der Waals surface area (Å²) in [6.45, 7) is 0. The number of fused-ring (bicyclic) bond motifs is 3. The first-order valence-electron chi connectivity index (χ1n) is 19.3. The number of benzene rings is 9. The van der Waals surface area contributed by atoms with Crippen molar-refractivity contribution in [3.63, 3.8) is 0 Å². The van der Waals surface area contributed by atoms with E-state index >= 15 is 0 Å². The zero-order chi connectivity index (χ0) is 37.3. The monoisotopic (exact) mass is 713 g/mol. The van der Waals surface area contributed by atoms with Crippen LogP contribution in [-0.4, -0.2) is 0 Å². The second kappa shape index (κ2) is 14.2. The highest BCUT2D eigenvalue weighted by Gasteiger charge is 2.46. The Labute approximate surface area is 329 Å². The van der Waals surface area contributed by atoms with Crippen LogP contribution in [0.1, 0.15) is 22.3 Å². The first-order chi connectivity index (χ1) is 27.8. The molecule has 0 heterocycles. The third-order valence-electron chi connectivity index (χ3n) is 11.4. The minimum atomic E-state index is -0.434. The summed E-state index contributed by atoms with van der Waals surface area (Å²) in [5, 5.41) is 0. The van der Waals surface area contributed by atoms with Gasteiger partial charge in [0.2, 0.25) is 0 Å². The standard InChI is InChI=1S/C55H39N/c1-5-16-40(17-6-1)42-28-33-48(34-29-42)56(50-25-15-20-44(38-50)41-18-7-2-8-19-41)49-35-30-43(31-36-49)45-32-37-52-51-26-13-14-27-53(51)55(54(52)39-45,46-21-9-3-10-22-46)47-23-11-4-12-24-47/h1-39H. The van der Waals surface area contributed by atoms with Gasteiger partial charge in [-0.1, -0.05) is 194 Å². The lowest BCUT2D eigenvalue weighted by atomic mass is 9.67. The molecular weight excluding hydrogens is 675 g/mol. The molecule has 0 spiro atoms. The molecule has 9 aromatic rings. The lowest BCUT2D eigenvalue weighted by Crippen LogP contribution is -2.28. The SMILES string of the molecule is c1ccc(-c2ccc(N(c3ccc(-c4ccc5c(c4)C(c4ccccc4)(c4ccccc4)c4ccccc4-5)cc3)c3cccc(-c4ccccc4)c3)cc2)cc1. The van der Waals surface area contributed by atoms with Gasteiger partial charge < -0.3 is 4.90 Å². The van der Waals surface area contributed by atoms with Crippen LogP contribution in [-0.2, 0) is 5.41 Å². The minimum Gasteiger partial charge on any atom is -0.310 e. The molecule has 10 rings (SSSR count). The average molecular weight is 714 g/mol. The van der Waals surface area contributed by atoms with Crippen molar-refractivity contribution in [3.8, 4) is 44.5 Å². The van der Waals surface area contributed by atoms with Crippen LogP contribution in [0.3, 0.4) is 0 Å². The van der Waals surface area contributed by atoms with Crippen LogP contribution in [0, 0.1) is 0 Å². The van der Waals surface area contributed by atoms with E-state index in [-0.39, 0.29) is 0 Å². The molecule has 1 heteroatoms. The van der Waals surface area contributed by atoms with Crippen LogP contribution in [0.4, 0.5) is 17.1 Å². The molecule has 56 heavy (non-hydrogen) atoms. The van der Waals surface area contributed by atoms with Gasteiger partial charge >= 0.3 is 0 Å². The molecule has 0 fully saturated rings. The van der Waals surface area contributed by atoms with Crippen molar-refractivity contribution >= 4 is 17.1 Å². The molecule has 0 amide bonds. The Morgan fingerprint density at radius 3 is 1.25 bits per heavy atom. The van der Waals surface area contributed by atoms with Crippen LogP contribution < -0.4 is 4.90 Å². The predicted octanol–water partition coefficient (Wildman–Crippen LogP) is 14.5. The number of nitrogens with zero attached hydrogens (tertiary/aromatic N) is 1. The summed E-state index contributed by atoms with van der Waals surface area (Å²) in [7, 11) is 0. The fraction of sp³-hybridized carbons (Fsp3) is 0.0182. The van der Waals surface area contributed by atoms with Gasteiger partial charge in [0.1, 0.15) is 0 Å². The third-order valence-corrected chi connectivity index (χ3v) is 11.4. The molecule has 264 valence electrons. The maximum absolute atomic E-state index is 2.44. The fourth-order valence-corrected chi connectivity index (χ4v) is 8.76. The molecule has 9 aromatic carbocycles. The Bertz CT molecular complexity index is 2710. The van der Waals surface area contributed by atoms with Gasteiger partial charge in [-0.15, -0.1) is 0 Å². The van der Waals surface area contributed by atoms with E-state index in [1.165, 1.54) is 66.8 Å². The maximum Gasteiger partial charge on any atom is 0.0713 e. The van der Waals surface area contributed by atoms with Crippen molar-refractivity contribution in [2.45, 2.75) is 5.41 Å². The Morgan fingerprint density at radius 1 is 0.250 bits per heavy atom. The highest BCUT2D eigenvalue weighted by molar-refractivity contribution is 5.89. The van der Waals surface area contributed by atoms with E-state index in [1.807, 2.05) is 0 Å². The molecule has 0 unspecified atom stereocenters. The number of hydrogen-bond acceptors (Lipinski definition) is 1. The van der Waals surface area contributed by atoms with Crippen molar-refractivity contribution < 1.29 is 0 Å². The van der Waals surface area contributed by atoms with Crippen LogP contribution in [0.2, 0.25) is 0 Å². The Hall–Kier alpha value is -7.22. The number of rotatable bonds is 8. The van der Waals surface area contributed by atoms with Gasteiger partial charge in [0.25, 0.3) is 0 Å². The molecule has 1 nitrogen and oxygen atoms in total. The van der Waals surface area contributed by atoms with E-state index in [2.05, 4.69) is 241 Å². The molecule has 0 bridgehead atoms. The molecule has 0 aromatic heterocycles. The fourth-order valence-electron chi connectivity index (χ4n) is 8.76. The molecule has 1 aliphatic carbocycles. The van der Waals surface area contributed by atoms with Gasteiger partial charge in [-0.25, -0.2) is 0 Å². The molecule has 0 atom stereocenters. The molecular formula is C55H39N. The summed E-state index contributed by atoms with van der Waals surface area (Å²) in [5.74, 6) is 0. The quantitative estimate of drug-likeness (QED) is 0.152. The van der Waals surface area contributed by atoms with E-state index in [0.29, 0.717) is 0 Å². The van der Waals surface area contributed by atoms with E-state index in [4.69, 9.17) is 0 Å². The highest BCUT2D eigenvalue weighted by atomic mass is 15.1. The summed E-state index contributed by atoms with van der Waals surface area (Å²) >= 11 is 0. The Kier molecular flexibility index (Phi) is 8.46. The van der Waals surface area contributed by atoms with Crippen LogP contribution in [0.5, 0.6) is 0 Å². The van der Waals surface area contributed by atoms with Crippen LogP contribution in [0.15, 0.2) is 237 Å². The predicted molar refractivity (Wildman–Crippen MR) is 235 cm³/mol. The van der Waals surface area contributed by atoms with Gasteiger partial charge in [0.15, 0.2) is 0 Å². The van der Waals surface area contributed by atoms with Gasteiger partial charge in [-0.2, -0.15) is 0 Å². The summed E-state index contributed by atoms with van der Waals surface area (Å²) in [4.78, 5) is 2.36. The van der Waals surface area contributed by atoms with Crippen molar-refractivity contribution in [1.82, 2.24) is 0 Å². The summed E-state index contributed by atoms with van der Waals surface area (Å²) in [5.41, 5.74) is 17.8. The number of anilines is 3. The highest BCUT2D eigenvalue weighted by Crippen LogP contribution is 2.56. The van der Waals surface area contributed by atoms with E-state index < -0.39 is 5.41 Å². The molecule has 0 aliphatic heterocycles. The molecule has 0 N–H and O–H groups in total. The van der Waals surface area contributed by atoms with Gasteiger partial charge in [0.05, 0.1) is 5.41 Å². The average Bonchev–Trinajstić information content (AvgIpc) is 3.59. The molecule has 0 saturated heterocycles. The van der Waals surface area contributed by atoms with E-state index in [1.54, 1.807) is 0 Å². The van der Waals surface area contributed by atoms with Crippen molar-refractivity contribution in [2.24, 2.45) is 0 Å². The largest absolute Gasteiger partial charge is 0.310 e. The zero-order valence-electron chi connectivity index (χ0n) is 31.0. The summed E-state index contributed by atoms with van der Waals surface area (Å²) in [6.07, 6.45) is 0. The lowest BCUT2D eigenvalue weighted by Gasteiger charge is -2.34. The minimum absolute atomic E-state index is 0.434. The lowest BCUT2D eigenvalue weighted by molar-refractivity contribution is 0.769. The van der Waals surface area contributed by atoms with E-state index in [0.717, 1.165) is 17.1 Å². The first-order valence-corrected chi connectivity index (χ1v) is 19.3. The van der Waals surface area contributed by atoms with Crippen molar-refractivity contribution in [3.05, 3.63) is 259 Å². The summed E-state index contributed by atoms with van der Waals surface area (Å²) < 4.78 is 0. The molecule has 1 aliphatic rings. The Balaban J connectivity index is 1.08. The van der Waals surface area contributed by atoms with Crippen LogP contribution >= 0.6 is 0 Å². The van der Waals surface area contributed by atoms with Crippen molar-refractivity contribution in [2.75, 3.05) is 4.90 Å². The maximum atomic E-state index is 2.44. The van der Waals surface area contributed by atoms with E-state index in [9.17, 15) is 0 Å². The molecule has 0 radical (unpaired) electrons. The van der Waals surface area contributed by atoms with Crippen LogP contribution in [0.25, 0.3) is 44.5 Å². The topological polar surface area (TPSA) is 3.24 Å². The molecule has 0 saturated carbocycles. The second-order valence-corrected chi connectivity index (χ2v) is 14.5.